The number of rotatable bonds is 5. The number of nitrogens with zero attached hydrogens (tertiary/aromatic N) is 4. The first-order chi connectivity index (χ1) is 13.6. The molecule has 1 aliphatic rings. The normalized spacial score (nSPS) is 16.6. The number of hydrogen-bond acceptors (Lipinski definition) is 7. The maximum Gasteiger partial charge on any atom is 0.276 e. The molecule has 3 aromatic rings. The lowest BCUT2D eigenvalue weighted by Gasteiger charge is -2.16. The summed E-state index contributed by atoms with van der Waals surface area (Å²) in [6.45, 7) is 3.29. The number of aryl methyl sites for hydroxylation is 1. The number of nitrogen functional groups attached to an aromatic ring is 1. The van der Waals surface area contributed by atoms with Gasteiger partial charge in [-0.25, -0.2) is 4.98 Å². The van der Waals surface area contributed by atoms with Gasteiger partial charge in [0.05, 0.1) is 18.4 Å². The van der Waals surface area contributed by atoms with Crippen molar-refractivity contribution in [2.24, 2.45) is 0 Å². The number of carbonyl (C=O) groups excluding carboxylic acids is 1. The van der Waals surface area contributed by atoms with Crippen LogP contribution in [0.3, 0.4) is 0 Å². The Labute approximate surface area is 161 Å². The molecule has 1 atom stereocenters. The number of methoxy groups -OCH3 is 1. The van der Waals surface area contributed by atoms with Gasteiger partial charge in [0.25, 0.3) is 5.91 Å². The lowest BCUT2D eigenvalue weighted by molar-refractivity contribution is 0.0776. The largest absolute Gasteiger partial charge is 0.384 e. The minimum atomic E-state index is -0.138. The molecule has 0 aliphatic carbocycles. The van der Waals surface area contributed by atoms with Crippen LogP contribution in [0.5, 0.6) is 0 Å². The average molecular weight is 382 g/mol. The smallest absolute Gasteiger partial charge is 0.276 e. The van der Waals surface area contributed by atoms with Crippen LogP contribution in [0.2, 0.25) is 0 Å². The van der Waals surface area contributed by atoms with E-state index in [9.17, 15) is 4.79 Å². The monoisotopic (exact) mass is 382 g/mol. The summed E-state index contributed by atoms with van der Waals surface area (Å²) in [5.74, 6) is 1.07. The Kier molecular flexibility index (Phi) is 4.82. The van der Waals surface area contributed by atoms with Gasteiger partial charge >= 0.3 is 0 Å². The van der Waals surface area contributed by atoms with E-state index in [-0.39, 0.29) is 11.8 Å². The van der Waals surface area contributed by atoms with Crippen molar-refractivity contribution >= 4 is 11.7 Å². The van der Waals surface area contributed by atoms with E-state index in [1.807, 2.05) is 12.1 Å². The van der Waals surface area contributed by atoms with Crippen LogP contribution in [-0.4, -0.2) is 51.3 Å². The third-order valence-corrected chi connectivity index (χ3v) is 5.12. The zero-order chi connectivity index (χ0) is 19.7. The van der Waals surface area contributed by atoms with Gasteiger partial charge in [-0.3, -0.25) is 9.89 Å². The van der Waals surface area contributed by atoms with Crippen LogP contribution in [-0.2, 0) is 11.3 Å². The standard InChI is InChI=1S/C19H22N6O3/c1-11-15(10-27-2)18(24-28-11)19(26)25-6-4-13(9-25)17-14(8-22-23-17)12-3-5-21-16(20)7-12/h3,5,7-8,13H,4,6,9-10H2,1-2H3,(H2,20,21)(H,22,23). The SMILES string of the molecule is COCc1c(C(=O)N2CCC(c3[nH]ncc3-c3ccnc(N)c3)C2)noc1C. The predicted molar refractivity (Wildman–Crippen MR) is 101 cm³/mol. The molecule has 1 fully saturated rings. The van der Waals surface area contributed by atoms with E-state index in [1.54, 1.807) is 31.3 Å². The molecular formula is C19H22N6O3. The molecule has 3 N–H and O–H groups in total. The minimum absolute atomic E-state index is 0.138. The van der Waals surface area contributed by atoms with E-state index in [4.69, 9.17) is 15.0 Å². The van der Waals surface area contributed by atoms with Crippen LogP contribution in [0.25, 0.3) is 11.1 Å². The van der Waals surface area contributed by atoms with Crippen molar-refractivity contribution in [1.29, 1.82) is 0 Å². The zero-order valence-electron chi connectivity index (χ0n) is 15.8. The van der Waals surface area contributed by atoms with E-state index in [0.717, 1.165) is 23.2 Å². The van der Waals surface area contributed by atoms with Crippen molar-refractivity contribution in [3.05, 3.63) is 47.2 Å². The van der Waals surface area contributed by atoms with Crippen molar-refractivity contribution in [2.75, 3.05) is 25.9 Å². The van der Waals surface area contributed by atoms with Crippen LogP contribution < -0.4 is 5.73 Å². The molecule has 0 radical (unpaired) electrons. The summed E-state index contributed by atoms with van der Waals surface area (Å²) >= 11 is 0. The number of amides is 1. The molecule has 1 aliphatic heterocycles. The molecule has 1 unspecified atom stereocenters. The molecule has 1 amide bonds. The maximum atomic E-state index is 13.0. The molecule has 9 nitrogen and oxygen atoms in total. The fraction of sp³-hybridized carbons (Fsp3) is 0.368. The first-order valence-electron chi connectivity index (χ1n) is 9.07. The molecular weight excluding hydrogens is 360 g/mol. The van der Waals surface area contributed by atoms with Gasteiger partial charge in [-0.05, 0) is 31.0 Å². The third kappa shape index (κ3) is 3.24. The van der Waals surface area contributed by atoms with Gasteiger partial charge in [-0.1, -0.05) is 5.16 Å². The summed E-state index contributed by atoms with van der Waals surface area (Å²) in [7, 11) is 1.58. The van der Waals surface area contributed by atoms with Gasteiger partial charge < -0.3 is 19.9 Å². The number of aromatic nitrogens is 4. The van der Waals surface area contributed by atoms with Crippen LogP contribution in [0, 0.1) is 6.92 Å². The van der Waals surface area contributed by atoms with Crippen molar-refractivity contribution in [2.45, 2.75) is 25.9 Å². The molecule has 3 aromatic heterocycles. The molecule has 28 heavy (non-hydrogen) atoms. The Morgan fingerprint density at radius 3 is 3.14 bits per heavy atom. The zero-order valence-corrected chi connectivity index (χ0v) is 15.8. The highest BCUT2D eigenvalue weighted by atomic mass is 16.5. The van der Waals surface area contributed by atoms with E-state index in [0.29, 0.717) is 42.5 Å². The van der Waals surface area contributed by atoms with Gasteiger partial charge in [0.15, 0.2) is 5.69 Å². The fourth-order valence-electron chi connectivity index (χ4n) is 3.66. The second kappa shape index (κ2) is 7.43. The molecule has 0 bridgehead atoms. The van der Waals surface area contributed by atoms with Gasteiger partial charge in [0.2, 0.25) is 0 Å². The molecule has 0 aromatic carbocycles. The van der Waals surface area contributed by atoms with Crippen molar-refractivity contribution in [3.8, 4) is 11.1 Å². The Balaban J connectivity index is 1.54. The van der Waals surface area contributed by atoms with Gasteiger partial charge in [-0.15, -0.1) is 0 Å². The highest BCUT2D eigenvalue weighted by molar-refractivity contribution is 5.94. The Morgan fingerprint density at radius 1 is 1.50 bits per heavy atom. The summed E-state index contributed by atoms with van der Waals surface area (Å²) in [6.07, 6.45) is 4.29. The van der Waals surface area contributed by atoms with E-state index in [2.05, 4.69) is 20.3 Å². The topological polar surface area (TPSA) is 123 Å². The van der Waals surface area contributed by atoms with Crippen LogP contribution in [0.4, 0.5) is 5.82 Å². The Hall–Kier alpha value is -3.20. The summed E-state index contributed by atoms with van der Waals surface area (Å²) in [5.41, 5.74) is 9.77. The van der Waals surface area contributed by atoms with Crippen LogP contribution in [0.1, 0.15) is 39.8 Å². The lowest BCUT2D eigenvalue weighted by atomic mass is 9.97. The quantitative estimate of drug-likeness (QED) is 0.693. The van der Waals surface area contributed by atoms with Gasteiger partial charge in [-0.2, -0.15) is 5.10 Å². The van der Waals surface area contributed by atoms with E-state index >= 15 is 0 Å². The summed E-state index contributed by atoms with van der Waals surface area (Å²) in [5, 5.41) is 11.3. The third-order valence-electron chi connectivity index (χ3n) is 5.12. The second-order valence-corrected chi connectivity index (χ2v) is 6.90. The number of aromatic amines is 1. The summed E-state index contributed by atoms with van der Waals surface area (Å²) < 4.78 is 10.4. The summed E-state index contributed by atoms with van der Waals surface area (Å²) in [6, 6.07) is 3.72. The second-order valence-electron chi connectivity index (χ2n) is 6.90. The first kappa shape index (κ1) is 18.2. The molecule has 9 heteroatoms. The Bertz CT molecular complexity index is 995. The van der Waals surface area contributed by atoms with Crippen molar-refractivity contribution in [3.63, 3.8) is 0 Å². The lowest BCUT2D eigenvalue weighted by Crippen LogP contribution is -2.29. The van der Waals surface area contributed by atoms with Gasteiger partial charge in [0, 0.05) is 43.6 Å². The van der Waals surface area contributed by atoms with Crippen molar-refractivity contribution in [1.82, 2.24) is 25.2 Å². The maximum absolute atomic E-state index is 13.0. The summed E-state index contributed by atoms with van der Waals surface area (Å²) in [4.78, 5) is 18.8. The number of carbonyl (C=O) groups is 1. The van der Waals surface area contributed by atoms with Crippen LogP contribution in [0.15, 0.2) is 29.0 Å². The highest BCUT2D eigenvalue weighted by Gasteiger charge is 2.33. The molecule has 0 saturated carbocycles. The first-order valence-corrected chi connectivity index (χ1v) is 9.07. The average Bonchev–Trinajstić information content (AvgIpc) is 3.41. The number of likely N-dealkylation sites (tertiary alicyclic amines) is 1. The Morgan fingerprint density at radius 2 is 2.36 bits per heavy atom. The molecule has 0 spiro atoms. The molecule has 4 rings (SSSR count). The number of H-pyrrole nitrogens is 1. The minimum Gasteiger partial charge on any atom is -0.384 e. The molecule has 4 heterocycles. The predicted octanol–water partition coefficient (Wildman–Crippen LogP) is 2.13. The number of anilines is 1. The number of nitrogens with two attached hydrogens (primary N) is 1. The van der Waals surface area contributed by atoms with Gasteiger partial charge in [0.1, 0.15) is 11.6 Å². The number of nitrogens with one attached hydrogen (secondary N) is 1. The number of ether oxygens (including phenoxy) is 1. The number of hydrogen-bond donors (Lipinski definition) is 2. The molecule has 1 saturated heterocycles. The highest BCUT2D eigenvalue weighted by Crippen LogP contribution is 2.34. The number of pyridine rings is 1. The van der Waals surface area contributed by atoms with E-state index < -0.39 is 0 Å². The van der Waals surface area contributed by atoms with Crippen LogP contribution >= 0.6 is 0 Å². The van der Waals surface area contributed by atoms with Crippen molar-refractivity contribution < 1.29 is 14.1 Å². The molecule has 146 valence electrons. The fourth-order valence-corrected chi connectivity index (χ4v) is 3.66. The van der Waals surface area contributed by atoms with E-state index in [1.165, 1.54) is 0 Å².